The highest BCUT2D eigenvalue weighted by molar-refractivity contribution is 7.89. The molecule has 2 aliphatic heterocycles. The molecule has 1 atom stereocenters. The molecule has 0 spiro atoms. The van der Waals surface area contributed by atoms with Gasteiger partial charge in [0, 0.05) is 44.4 Å². The molecule has 1 fully saturated rings. The number of nitrogens with zero attached hydrogens (tertiary/aromatic N) is 4. The number of rotatable bonds is 5. The summed E-state index contributed by atoms with van der Waals surface area (Å²) < 4.78 is 29.7. The van der Waals surface area contributed by atoms with E-state index in [4.69, 9.17) is 4.98 Å². The van der Waals surface area contributed by atoms with Crippen LogP contribution in [0.25, 0.3) is 11.0 Å². The first-order chi connectivity index (χ1) is 15.9. The van der Waals surface area contributed by atoms with Crippen molar-refractivity contribution in [1.82, 2.24) is 18.8 Å². The van der Waals surface area contributed by atoms with Gasteiger partial charge in [0.25, 0.3) is 0 Å². The van der Waals surface area contributed by atoms with Gasteiger partial charge < -0.3 is 9.47 Å². The average Bonchev–Trinajstić information content (AvgIpc) is 3.43. The number of carbonyl (C=O) groups is 1. The smallest absolute Gasteiger partial charge is 0.243 e. The van der Waals surface area contributed by atoms with Gasteiger partial charge >= 0.3 is 0 Å². The minimum Gasteiger partial charge on any atom is -0.336 e. The molecule has 0 bridgehead atoms. The lowest BCUT2D eigenvalue weighted by Gasteiger charge is -2.33. The van der Waals surface area contributed by atoms with Crippen LogP contribution >= 0.6 is 11.3 Å². The van der Waals surface area contributed by atoms with Gasteiger partial charge in [-0.25, -0.2) is 13.4 Å². The van der Waals surface area contributed by atoms with Crippen molar-refractivity contribution in [3.05, 3.63) is 45.9 Å². The molecule has 1 unspecified atom stereocenters. The van der Waals surface area contributed by atoms with Crippen LogP contribution in [-0.4, -0.2) is 52.7 Å². The molecule has 0 aliphatic carbocycles. The van der Waals surface area contributed by atoms with E-state index in [1.54, 1.807) is 27.8 Å². The first-order valence-corrected chi connectivity index (χ1v) is 14.0. The second-order valence-corrected chi connectivity index (χ2v) is 12.0. The third-order valence-electron chi connectivity index (χ3n) is 7.06. The molecule has 1 saturated heterocycles. The van der Waals surface area contributed by atoms with Crippen LogP contribution in [0.4, 0.5) is 0 Å². The number of amides is 1. The Bertz CT molecular complexity index is 1290. The van der Waals surface area contributed by atoms with E-state index in [1.807, 2.05) is 22.6 Å². The first kappa shape index (κ1) is 22.6. The molecule has 176 valence electrons. The predicted molar refractivity (Wildman–Crippen MR) is 130 cm³/mol. The Balaban J connectivity index is 1.32. The van der Waals surface area contributed by atoms with Crippen LogP contribution < -0.4 is 0 Å². The summed E-state index contributed by atoms with van der Waals surface area (Å²) in [5.74, 6) is 0.937. The molecule has 2 aromatic heterocycles. The number of piperidine rings is 1. The largest absolute Gasteiger partial charge is 0.336 e. The number of aryl methyl sites for hydroxylation is 2. The molecule has 0 radical (unpaired) electrons. The standard InChI is InChI=1S/C24H30N4O3S2/c1-17-19-11-15-32-22(19)10-14-28(17)24(29)9-8-23-25-20-16-18(6-7-21(20)26(23)2)33(30,31)27-12-4-3-5-13-27/h6-7,11,15-17H,3-5,8-10,12-14H2,1-2H3. The van der Waals surface area contributed by atoms with Crippen molar-refractivity contribution in [2.45, 2.75) is 56.4 Å². The van der Waals surface area contributed by atoms with Crippen molar-refractivity contribution in [3.8, 4) is 0 Å². The Morgan fingerprint density at radius 2 is 1.94 bits per heavy atom. The van der Waals surface area contributed by atoms with Crippen LogP contribution in [0.5, 0.6) is 0 Å². The van der Waals surface area contributed by atoms with E-state index in [1.165, 1.54) is 10.4 Å². The van der Waals surface area contributed by atoms with Crippen molar-refractivity contribution in [2.75, 3.05) is 19.6 Å². The summed E-state index contributed by atoms with van der Waals surface area (Å²) in [6.45, 7) is 4.02. The molecule has 0 saturated carbocycles. The van der Waals surface area contributed by atoms with E-state index in [2.05, 4.69) is 18.4 Å². The van der Waals surface area contributed by atoms with Crippen LogP contribution in [-0.2, 0) is 34.7 Å². The minimum atomic E-state index is -3.50. The lowest BCUT2D eigenvalue weighted by atomic mass is 10.0. The van der Waals surface area contributed by atoms with Gasteiger partial charge in [0.2, 0.25) is 15.9 Å². The third kappa shape index (κ3) is 4.11. The van der Waals surface area contributed by atoms with Gasteiger partial charge in [-0.1, -0.05) is 6.42 Å². The Hall–Kier alpha value is -2.23. The summed E-state index contributed by atoms with van der Waals surface area (Å²) in [4.78, 5) is 21.4. The molecule has 1 aromatic carbocycles. The van der Waals surface area contributed by atoms with Crippen LogP contribution in [0.15, 0.2) is 34.5 Å². The number of imidazole rings is 1. The van der Waals surface area contributed by atoms with Gasteiger partial charge in [-0.05, 0) is 61.4 Å². The Morgan fingerprint density at radius 1 is 1.15 bits per heavy atom. The lowest BCUT2D eigenvalue weighted by molar-refractivity contribution is -0.133. The van der Waals surface area contributed by atoms with Gasteiger partial charge in [0.1, 0.15) is 5.82 Å². The van der Waals surface area contributed by atoms with Crippen LogP contribution in [0.2, 0.25) is 0 Å². The van der Waals surface area contributed by atoms with E-state index >= 15 is 0 Å². The van der Waals surface area contributed by atoms with Gasteiger partial charge in [-0.15, -0.1) is 11.3 Å². The topological polar surface area (TPSA) is 75.5 Å². The SMILES string of the molecule is CC1c2ccsc2CCN1C(=O)CCc1nc2cc(S(=O)(=O)N3CCCCC3)ccc2n1C. The fourth-order valence-electron chi connectivity index (χ4n) is 5.08. The monoisotopic (exact) mass is 486 g/mol. The highest BCUT2D eigenvalue weighted by atomic mass is 32.2. The van der Waals surface area contributed by atoms with Crippen molar-refractivity contribution in [2.24, 2.45) is 7.05 Å². The number of fused-ring (bicyclic) bond motifs is 2. The molecule has 9 heteroatoms. The zero-order valence-corrected chi connectivity index (χ0v) is 20.8. The Labute approximate surface area is 199 Å². The van der Waals surface area contributed by atoms with Crippen molar-refractivity contribution >= 4 is 38.3 Å². The molecule has 3 aromatic rings. The molecule has 1 amide bonds. The maximum absolute atomic E-state index is 13.1. The average molecular weight is 487 g/mol. The zero-order chi connectivity index (χ0) is 23.2. The normalized spacial score (nSPS) is 19.7. The van der Waals surface area contributed by atoms with E-state index in [9.17, 15) is 13.2 Å². The number of hydrogen-bond donors (Lipinski definition) is 0. The number of thiophene rings is 1. The second-order valence-electron chi connectivity index (χ2n) is 9.01. The van der Waals surface area contributed by atoms with Crippen molar-refractivity contribution < 1.29 is 13.2 Å². The van der Waals surface area contributed by atoms with Crippen LogP contribution in [0.3, 0.4) is 0 Å². The van der Waals surface area contributed by atoms with Gasteiger partial charge in [-0.2, -0.15) is 4.31 Å². The fourth-order valence-corrected chi connectivity index (χ4v) is 7.58. The van der Waals surface area contributed by atoms with Gasteiger partial charge in [0.15, 0.2) is 0 Å². The van der Waals surface area contributed by atoms with E-state index in [0.717, 1.165) is 43.6 Å². The molecule has 2 aliphatic rings. The van der Waals surface area contributed by atoms with Crippen molar-refractivity contribution in [3.63, 3.8) is 0 Å². The Morgan fingerprint density at radius 3 is 2.73 bits per heavy atom. The maximum atomic E-state index is 13.1. The van der Waals surface area contributed by atoms with Crippen LogP contribution in [0, 0.1) is 0 Å². The third-order valence-corrected chi connectivity index (χ3v) is 9.95. The van der Waals surface area contributed by atoms with Gasteiger partial charge in [-0.3, -0.25) is 4.79 Å². The molecule has 33 heavy (non-hydrogen) atoms. The zero-order valence-electron chi connectivity index (χ0n) is 19.2. The number of sulfonamides is 1. The van der Waals surface area contributed by atoms with E-state index in [-0.39, 0.29) is 11.9 Å². The van der Waals surface area contributed by atoms with Crippen molar-refractivity contribution in [1.29, 1.82) is 0 Å². The predicted octanol–water partition coefficient (Wildman–Crippen LogP) is 3.89. The number of carbonyl (C=O) groups excluding carboxylic acids is 1. The minimum absolute atomic E-state index is 0.107. The number of hydrogen-bond acceptors (Lipinski definition) is 5. The summed E-state index contributed by atoms with van der Waals surface area (Å²) in [5, 5.41) is 2.11. The maximum Gasteiger partial charge on any atom is 0.243 e. The number of aromatic nitrogens is 2. The molecule has 5 rings (SSSR count). The molecule has 0 N–H and O–H groups in total. The molecule has 4 heterocycles. The quantitative estimate of drug-likeness (QED) is 0.548. The first-order valence-electron chi connectivity index (χ1n) is 11.7. The van der Waals surface area contributed by atoms with Gasteiger partial charge in [0.05, 0.1) is 22.0 Å². The van der Waals surface area contributed by atoms with Crippen LogP contribution in [0.1, 0.15) is 54.9 Å². The number of benzene rings is 1. The second kappa shape index (κ2) is 8.85. The summed E-state index contributed by atoms with van der Waals surface area (Å²) in [6, 6.07) is 7.42. The van der Waals surface area contributed by atoms with E-state index in [0.29, 0.717) is 36.3 Å². The summed E-state index contributed by atoms with van der Waals surface area (Å²) in [5.41, 5.74) is 2.81. The lowest BCUT2D eigenvalue weighted by Crippen LogP contribution is -2.38. The van der Waals surface area contributed by atoms with E-state index < -0.39 is 10.0 Å². The molecular weight excluding hydrogens is 456 g/mol. The highest BCUT2D eigenvalue weighted by Gasteiger charge is 2.29. The Kier molecular flexibility index (Phi) is 6.05. The highest BCUT2D eigenvalue weighted by Crippen LogP contribution is 2.33. The summed E-state index contributed by atoms with van der Waals surface area (Å²) >= 11 is 1.77. The molecule has 7 nitrogen and oxygen atoms in total. The summed E-state index contributed by atoms with van der Waals surface area (Å²) in [6.07, 6.45) is 4.73. The summed E-state index contributed by atoms with van der Waals surface area (Å²) in [7, 11) is -1.57. The molecular formula is C24H30N4O3S2. The fraction of sp³-hybridized carbons (Fsp3) is 0.500.